The van der Waals surface area contributed by atoms with Crippen LogP contribution in [-0.2, 0) is 21.2 Å². The van der Waals surface area contributed by atoms with Gasteiger partial charge < -0.3 is 5.32 Å². The fraction of sp³-hybridized carbons (Fsp3) is 0.500. The molecule has 1 aromatic rings. The Hall–Kier alpha value is -1.11. The Morgan fingerprint density at radius 2 is 1.95 bits per heavy atom. The summed E-state index contributed by atoms with van der Waals surface area (Å²) in [7, 11) is -3.24. The monoisotopic (exact) mass is 330 g/mol. The molecule has 1 fully saturated rings. The lowest BCUT2D eigenvalue weighted by Gasteiger charge is -2.25. The third kappa shape index (κ3) is 4.98. The highest BCUT2D eigenvalue weighted by molar-refractivity contribution is 7.89. The molecule has 1 aliphatic rings. The first-order chi connectivity index (χ1) is 9.97. The van der Waals surface area contributed by atoms with Crippen LogP contribution in [0, 0.1) is 0 Å². The molecule has 0 spiro atoms. The molecule has 0 radical (unpaired) electrons. The molecule has 1 aliphatic heterocycles. The van der Waals surface area contributed by atoms with Crippen molar-refractivity contribution >= 4 is 27.5 Å². The van der Waals surface area contributed by atoms with Crippen molar-refractivity contribution < 1.29 is 13.2 Å². The van der Waals surface area contributed by atoms with Crippen LogP contribution in [0.2, 0.25) is 5.02 Å². The Labute approximate surface area is 130 Å². The van der Waals surface area contributed by atoms with E-state index in [1.54, 1.807) is 12.1 Å². The molecule has 1 heterocycles. The van der Waals surface area contributed by atoms with E-state index in [2.05, 4.69) is 5.32 Å². The number of rotatable bonds is 5. The average Bonchev–Trinajstić information content (AvgIpc) is 2.43. The third-order valence-corrected chi connectivity index (χ3v) is 5.58. The van der Waals surface area contributed by atoms with E-state index in [-0.39, 0.29) is 18.2 Å². The molecule has 0 bridgehead atoms. The van der Waals surface area contributed by atoms with Crippen LogP contribution in [0.1, 0.15) is 18.4 Å². The zero-order valence-electron chi connectivity index (χ0n) is 11.7. The zero-order chi connectivity index (χ0) is 15.3. The van der Waals surface area contributed by atoms with E-state index in [1.165, 1.54) is 4.31 Å². The van der Waals surface area contributed by atoms with Crippen molar-refractivity contribution in [1.82, 2.24) is 9.62 Å². The molecule has 0 aliphatic carbocycles. The summed E-state index contributed by atoms with van der Waals surface area (Å²) in [4.78, 5) is 11.8. The van der Waals surface area contributed by atoms with Gasteiger partial charge in [-0.3, -0.25) is 4.79 Å². The largest absolute Gasteiger partial charge is 0.355 e. The first-order valence-corrected chi connectivity index (χ1v) is 8.95. The maximum atomic E-state index is 11.8. The normalized spacial score (nSPS) is 18.3. The van der Waals surface area contributed by atoms with Crippen molar-refractivity contribution in [1.29, 1.82) is 0 Å². The summed E-state index contributed by atoms with van der Waals surface area (Å²) in [6.07, 6.45) is 2.18. The van der Waals surface area contributed by atoms with Gasteiger partial charge in [-0.1, -0.05) is 23.7 Å². The standard InChI is InChI=1S/C14H19ClN2O3S/c15-13-5-3-12(4-6-13)7-8-16-14(18)11-17-9-1-2-10-21(17,19)20/h3-6H,1-2,7-11H2,(H,16,18). The Morgan fingerprint density at radius 3 is 2.62 bits per heavy atom. The summed E-state index contributed by atoms with van der Waals surface area (Å²) in [6, 6.07) is 7.42. The molecule has 116 valence electrons. The SMILES string of the molecule is O=C(CN1CCCCS1(=O)=O)NCCc1ccc(Cl)cc1. The number of sulfonamides is 1. The van der Waals surface area contributed by atoms with Gasteiger partial charge in [0.25, 0.3) is 0 Å². The second kappa shape index (κ2) is 7.24. The second-order valence-electron chi connectivity index (χ2n) is 5.08. The Balaban J connectivity index is 1.76. The van der Waals surface area contributed by atoms with E-state index in [4.69, 9.17) is 11.6 Å². The lowest BCUT2D eigenvalue weighted by Crippen LogP contribution is -2.44. The summed E-state index contributed by atoms with van der Waals surface area (Å²) in [5.74, 6) is -0.111. The van der Waals surface area contributed by atoms with Gasteiger partial charge in [-0.05, 0) is 37.0 Å². The van der Waals surface area contributed by atoms with Crippen LogP contribution in [-0.4, -0.2) is 44.0 Å². The topological polar surface area (TPSA) is 66.5 Å². The first-order valence-electron chi connectivity index (χ1n) is 6.96. The van der Waals surface area contributed by atoms with Crippen LogP contribution in [0.15, 0.2) is 24.3 Å². The van der Waals surface area contributed by atoms with Gasteiger partial charge in [0.15, 0.2) is 0 Å². The van der Waals surface area contributed by atoms with Crippen LogP contribution < -0.4 is 5.32 Å². The highest BCUT2D eigenvalue weighted by Crippen LogP contribution is 2.13. The molecule has 5 nitrogen and oxygen atoms in total. The Bertz CT molecular complexity index is 587. The number of hydrogen-bond acceptors (Lipinski definition) is 3. The number of hydrogen-bond donors (Lipinski definition) is 1. The molecule has 0 aromatic heterocycles. The molecule has 0 unspecified atom stereocenters. The molecular weight excluding hydrogens is 312 g/mol. The van der Waals surface area contributed by atoms with Gasteiger partial charge in [0.2, 0.25) is 15.9 Å². The molecule has 1 amide bonds. The minimum atomic E-state index is -3.24. The first kappa shape index (κ1) is 16.3. The summed E-state index contributed by atoms with van der Waals surface area (Å²) >= 11 is 5.80. The Kier molecular flexibility index (Phi) is 5.61. The van der Waals surface area contributed by atoms with Crippen LogP contribution in [0.3, 0.4) is 0 Å². The number of halogens is 1. The number of benzene rings is 1. The van der Waals surface area contributed by atoms with Crippen LogP contribution in [0.4, 0.5) is 0 Å². The Morgan fingerprint density at radius 1 is 1.24 bits per heavy atom. The van der Waals surface area contributed by atoms with E-state index in [9.17, 15) is 13.2 Å². The quantitative estimate of drug-likeness (QED) is 0.888. The third-order valence-electron chi connectivity index (χ3n) is 3.42. The molecular formula is C14H19ClN2O3S. The van der Waals surface area contributed by atoms with Gasteiger partial charge in [0, 0.05) is 18.1 Å². The van der Waals surface area contributed by atoms with Crippen LogP contribution in [0.5, 0.6) is 0 Å². The second-order valence-corrected chi connectivity index (χ2v) is 7.61. The predicted molar refractivity (Wildman–Crippen MR) is 82.8 cm³/mol. The number of amides is 1. The van der Waals surface area contributed by atoms with Gasteiger partial charge in [0.05, 0.1) is 12.3 Å². The van der Waals surface area contributed by atoms with E-state index in [0.29, 0.717) is 31.0 Å². The van der Waals surface area contributed by atoms with E-state index >= 15 is 0 Å². The van der Waals surface area contributed by atoms with Gasteiger partial charge in [-0.2, -0.15) is 4.31 Å². The molecule has 0 atom stereocenters. The minimum Gasteiger partial charge on any atom is -0.355 e. The van der Waals surface area contributed by atoms with Crippen LogP contribution in [0.25, 0.3) is 0 Å². The summed E-state index contributed by atoms with van der Waals surface area (Å²) < 4.78 is 24.8. The van der Waals surface area contributed by atoms with E-state index in [1.807, 2.05) is 12.1 Å². The van der Waals surface area contributed by atoms with E-state index in [0.717, 1.165) is 12.0 Å². The van der Waals surface area contributed by atoms with Crippen molar-refractivity contribution in [2.75, 3.05) is 25.4 Å². The minimum absolute atomic E-state index is 0.0804. The maximum Gasteiger partial charge on any atom is 0.235 e. The zero-order valence-corrected chi connectivity index (χ0v) is 13.3. The van der Waals surface area contributed by atoms with Crippen molar-refractivity contribution in [3.63, 3.8) is 0 Å². The summed E-state index contributed by atoms with van der Waals surface area (Å²) in [5.41, 5.74) is 1.07. The number of carbonyl (C=O) groups excluding carboxylic acids is 1. The smallest absolute Gasteiger partial charge is 0.235 e. The molecule has 1 N–H and O–H groups in total. The predicted octanol–water partition coefficient (Wildman–Crippen LogP) is 1.42. The summed E-state index contributed by atoms with van der Waals surface area (Å²) in [6.45, 7) is 0.838. The number of carbonyl (C=O) groups is 1. The van der Waals surface area contributed by atoms with Gasteiger partial charge in [-0.25, -0.2) is 8.42 Å². The lowest BCUT2D eigenvalue weighted by atomic mass is 10.1. The van der Waals surface area contributed by atoms with E-state index < -0.39 is 10.0 Å². The highest BCUT2D eigenvalue weighted by Gasteiger charge is 2.27. The average molecular weight is 331 g/mol. The van der Waals surface area contributed by atoms with Gasteiger partial charge >= 0.3 is 0 Å². The van der Waals surface area contributed by atoms with Crippen molar-refractivity contribution in [2.24, 2.45) is 0 Å². The molecule has 0 saturated carbocycles. The molecule has 21 heavy (non-hydrogen) atoms. The molecule has 1 aromatic carbocycles. The molecule has 1 saturated heterocycles. The number of nitrogens with one attached hydrogen (secondary N) is 1. The number of nitrogens with zero attached hydrogens (tertiary/aromatic N) is 1. The summed E-state index contributed by atoms with van der Waals surface area (Å²) in [5, 5.41) is 3.43. The highest BCUT2D eigenvalue weighted by atomic mass is 35.5. The van der Waals surface area contributed by atoms with Gasteiger partial charge in [0.1, 0.15) is 0 Å². The van der Waals surface area contributed by atoms with Crippen molar-refractivity contribution in [2.45, 2.75) is 19.3 Å². The van der Waals surface area contributed by atoms with Gasteiger partial charge in [-0.15, -0.1) is 0 Å². The van der Waals surface area contributed by atoms with Crippen molar-refractivity contribution in [3.8, 4) is 0 Å². The maximum absolute atomic E-state index is 11.8. The lowest BCUT2D eigenvalue weighted by molar-refractivity contribution is -0.121. The fourth-order valence-corrected chi connectivity index (χ4v) is 3.91. The molecule has 7 heteroatoms. The van der Waals surface area contributed by atoms with Crippen LogP contribution >= 0.6 is 11.6 Å². The van der Waals surface area contributed by atoms with Crippen molar-refractivity contribution in [3.05, 3.63) is 34.9 Å². The molecule has 2 rings (SSSR count). The fourth-order valence-electron chi connectivity index (χ4n) is 2.23.